The lowest BCUT2D eigenvalue weighted by atomic mass is 10.0. The zero-order chi connectivity index (χ0) is 16.8. The molecular formula is C16H32N2O3S. The van der Waals surface area contributed by atoms with Crippen LogP contribution in [-0.4, -0.2) is 43.0 Å². The van der Waals surface area contributed by atoms with Crippen LogP contribution >= 0.6 is 0 Å². The molecule has 0 aliphatic carbocycles. The summed E-state index contributed by atoms with van der Waals surface area (Å²) in [5.74, 6) is 0.669. The maximum Gasteiger partial charge on any atom is 0.238 e. The smallest absolute Gasteiger partial charge is 0.238 e. The van der Waals surface area contributed by atoms with Gasteiger partial charge in [0.1, 0.15) is 6.04 Å². The molecule has 0 spiro atoms. The largest absolute Gasteiger partial charge is 0.352 e. The minimum absolute atomic E-state index is 0.0996. The molecule has 6 heteroatoms. The summed E-state index contributed by atoms with van der Waals surface area (Å²) in [6.45, 7) is 8.70. The number of carbonyl (C=O) groups is 1. The fraction of sp³-hybridized carbons (Fsp3) is 0.938. The van der Waals surface area contributed by atoms with Gasteiger partial charge in [-0.2, -0.15) is 4.31 Å². The molecule has 0 aromatic rings. The third-order valence-corrected chi connectivity index (χ3v) is 6.21. The van der Waals surface area contributed by atoms with Crippen LogP contribution in [0.1, 0.15) is 66.2 Å². The van der Waals surface area contributed by atoms with Crippen LogP contribution in [0.2, 0.25) is 0 Å². The van der Waals surface area contributed by atoms with Crippen LogP contribution < -0.4 is 5.32 Å². The van der Waals surface area contributed by atoms with E-state index in [0.29, 0.717) is 25.3 Å². The Bertz CT molecular complexity index is 448. The van der Waals surface area contributed by atoms with Crippen LogP contribution in [0.15, 0.2) is 0 Å². The van der Waals surface area contributed by atoms with E-state index in [1.807, 2.05) is 13.8 Å². The normalized spacial score (nSPS) is 21.2. The van der Waals surface area contributed by atoms with Crippen molar-refractivity contribution in [2.45, 2.75) is 78.3 Å². The summed E-state index contributed by atoms with van der Waals surface area (Å²) in [5.41, 5.74) is 0. The van der Waals surface area contributed by atoms with Crippen molar-refractivity contribution in [2.75, 3.05) is 12.3 Å². The fourth-order valence-electron chi connectivity index (χ4n) is 2.95. The van der Waals surface area contributed by atoms with E-state index >= 15 is 0 Å². The van der Waals surface area contributed by atoms with Crippen molar-refractivity contribution in [1.82, 2.24) is 9.62 Å². The van der Waals surface area contributed by atoms with Gasteiger partial charge in [-0.1, -0.05) is 33.6 Å². The lowest BCUT2D eigenvalue weighted by Crippen LogP contribution is -2.48. The van der Waals surface area contributed by atoms with E-state index in [9.17, 15) is 13.2 Å². The molecule has 2 unspecified atom stereocenters. The van der Waals surface area contributed by atoms with Crippen molar-refractivity contribution in [1.29, 1.82) is 0 Å². The highest BCUT2D eigenvalue weighted by molar-refractivity contribution is 7.89. The van der Waals surface area contributed by atoms with Gasteiger partial charge in [0, 0.05) is 12.6 Å². The zero-order valence-electron chi connectivity index (χ0n) is 14.5. The average molecular weight is 333 g/mol. The molecule has 22 heavy (non-hydrogen) atoms. The molecule has 1 fully saturated rings. The third-order valence-electron chi connectivity index (χ3n) is 4.13. The minimum Gasteiger partial charge on any atom is -0.352 e. The molecule has 1 heterocycles. The van der Waals surface area contributed by atoms with Crippen molar-refractivity contribution < 1.29 is 13.2 Å². The molecule has 0 radical (unpaired) electrons. The first kappa shape index (κ1) is 19.4. The number of nitrogens with one attached hydrogen (secondary N) is 1. The van der Waals surface area contributed by atoms with E-state index in [4.69, 9.17) is 0 Å². The van der Waals surface area contributed by atoms with Gasteiger partial charge in [0.05, 0.1) is 5.75 Å². The van der Waals surface area contributed by atoms with Crippen LogP contribution in [0.25, 0.3) is 0 Å². The minimum atomic E-state index is -3.30. The number of carbonyl (C=O) groups excluding carboxylic acids is 1. The SMILES string of the molecule is CCCS(=O)(=O)N1CCCC1C(=O)NC(C)CCCC(C)C. The molecule has 1 amide bonds. The molecule has 0 saturated carbocycles. The Labute approximate surface area is 135 Å². The molecular weight excluding hydrogens is 300 g/mol. The van der Waals surface area contributed by atoms with Gasteiger partial charge in [-0.15, -0.1) is 0 Å². The first-order valence-electron chi connectivity index (χ1n) is 8.57. The number of sulfonamides is 1. The lowest BCUT2D eigenvalue weighted by Gasteiger charge is -2.25. The maximum absolute atomic E-state index is 12.4. The fourth-order valence-corrected chi connectivity index (χ4v) is 4.70. The first-order chi connectivity index (χ1) is 10.3. The molecule has 0 aromatic heterocycles. The van der Waals surface area contributed by atoms with Gasteiger partial charge in [-0.05, 0) is 38.5 Å². The summed E-state index contributed by atoms with van der Waals surface area (Å²) < 4.78 is 25.9. The summed E-state index contributed by atoms with van der Waals surface area (Å²) >= 11 is 0. The molecule has 130 valence electrons. The first-order valence-corrected chi connectivity index (χ1v) is 10.2. The van der Waals surface area contributed by atoms with Gasteiger partial charge in [0.15, 0.2) is 0 Å². The number of hydrogen-bond donors (Lipinski definition) is 1. The van der Waals surface area contributed by atoms with Crippen LogP contribution in [-0.2, 0) is 14.8 Å². The van der Waals surface area contributed by atoms with Crippen molar-refractivity contribution in [3.63, 3.8) is 0 Å². The van der Waals surface area contributed by atoms with Gasteiger partial charge >= 0.3 is 0 Å². The van der Waals surface area contributed by atoms with E-state index in [2.05, 4.69) is 19.2 Å². The highest BCUT2D eigenvalue weighted by atomic mass is 32.2. The standard InChI is InChI=1S/C16H32N2O3S/c1-5-12-22(20,21)18-11-7-10-15(18)16(19)17-14(4)9-6-8-13(2)3/h13-15H,5-12H2,1-4H3,(H,17,19). The number of hydrogen-bond acceptors (Lipinski definition) is 3. The van der Waals surface area contributed by atoms with E-state index in [0.717, 1.165) is 25.7 Å². The number of nitrogens with zero attached hydrogens (tertiary/aromatic N) is 1. The van der Waals surface area contributed by atoms with Gasteiger partial charge in [0.25, 0.3) is 0 Å². The third kappa shape index (κ3) is 5.88. The van der Waals surface area contributed by atoms with Crippen molar-refractivity contribution >= 4 is 15.9 Å². The summed E-state index contributed by atoms with van der Waals surface area (Å²) in [6, 6.07) is -0.410. The van der Waals surface area contributed by atoms with E-state index in [1.54, 1.807) is 0 Å². The second-order valence-electron chi connectivity index (χ2n) is 6.82. The van der Waals surface area contributed by atoms with Crippen LogP contribution in [0.3, 0.4) is 0 Å². The molecule has 1 aliphatic heterocycles. The second-order valence-corrected chi connectivity index (χ2v) is 8.86. The predicted octanol–water partition coefficient (Wildman–Crippen LogP) is 2.52. The number of rotatable bonds is 9. The van der Waals surface area contributed by atoms with E-state index < -0.39 is 16.1 Å². The summed E-state index contributed by atoms with van der Waals surface area (Å²) in [6.07, 6.45) is 5.16. The Morgan fingerprint density at radius 3 is 2.55 bits per heavy atom. The average Bonchev–Trinajstić information content (AvgIpc) is 2.88. The van der Waals surface area contributed by atoms with Gasteiger partial charge in [0.2, 0.25) is 15.9 Å². The molecule has 0 bridgehead atoms. The molecule has 1 aliphatic rings. The Hall–Kier alpha value is -0.620. The van der Waals surface area contributed by atoms with Crippen LogP contribution in [0.5, 0.6) is 0 Å². The zero-order valence-corrected chi connectivity index (χ0v) is 15.3. The topological polar surface area (TPSA) is 66.5 Å². The van der Waals surface area contributed by atoms with Crippen LogP contribution in [0.4, 0.5) is 0 Å². The monoisotopic (exact) mass is 332 g/mol. The second kappa shape index (κ2) is 8.87. The Balaban J connectivity index is 2.53. The highest BCUT2D eigenvalue weighted by Crippen LogP contribution is 2.22. The molecule has 1 rings (SSSR count). The molecule has 1 N–H and O–H groups in total. The molecule has 0 aromatic carbocycles. The van der Waals surface area contributed by atoms with Crippen molar-refractivity contribution in [2.24, 2.45) is 5.92 Å². The molecule has 1 saturated heterocycles. The van der Waals surface area contributed by atoms with Crippen LogP contribution in [0, 0.1) is 5.92 Å². The van der Waals surface area contributed by atoms with Gasteiger partial charge < -0.3 is 5.32 Å². The Morgan fingerprint density at radius 1 is 1.27 bits per heavy atom. The lowest BCUT2D eigenvalue weighted by molar-refractivity contribution is -0.124. The summed E-state index contributed by atoms with van der Waals surface area (Å²) in [5, 5.41) is 2.99. The quantitative estimate of drug-likeness (QED) is 0.705. The van der Waals surface area contributed by atoms with Crippen molar-refractivity contribution in [3.05, 3.63) is 0 Å². The van der Waals surface area contributed by atoms with E-state index in [-0.39, 0.29) is 17.7 Å². The summed E-state index contributed by atoms with van der Waals surface area (Å²) in [7, 11) is -3.30. The molecule has 5 nitrogen and oxygen atoms in total. The Morgan fingerprint density at radius 2 is 1.95 bits per heavy atom. The Kier molecular flexibility index (Phi) is 7.83. The predicted molar refractivity (Wildman–Crippen MR) is 90.1 cm³/mol. The van der Waals surface area contributed by atoms with E-state index in [1.165, 1.54) is 4.31 Å². The highest BCUT2D eigenvalue weighted by Gasteiger charge is 2.38. The summed E-state index contributed by atoms with van der Waals surface area (Å²) in [4.78, 5) is 12.4. The number of amides is 1. The van der Waals surface area contributed by atoms with Gasteiger partial charge in [-0.25, -0.2) is 8.42 Å². The van der Waals surface area contributed by atoms with Gasteiger partial charge in [-0.3, -0.25) is 4.79 Å². The maximum atomic E-state index is 12.4. The van der Waals surface area contributed by atoms with Crippen molar-refractivity contribution in [3.8, 4) is 0 Å². The molecule has 2 atom stereocenters.